The van der Waals surface area contributed by atoms with E-state index in [1.807, 2.05) is 0 Å². The summed E-state index contributed by atoms with van der Waals surface area (Å²) in [6.45, 7) is 7.56. The molecule has 0 aliphatic heterocycles. The van der Waals surface area contributed by atoms with Crippen LogP contribution in [-0.4, -0.2) is 49.6 Å². The van der Waals surface area contributed by atoms with E-state index < -0.39 is 6.09 Å². The average Bonchev–Trinajstić information content (AvgIpc) is 2.77. The summed E-state index contributed by atoms with van der Waals surface area (Å²) in [5, 5.41) is 0. The van der Waals surface area contributed by atoms with E-state index in [2.05, 4.69) is 20.8 Å². The summed E-state index contributed by atoms with van der Waals surface area (Å²) >= 11 is 0. The summed E-state index contributed by atoms with van der Waals surface area (Å²) < 4.78 is 10.5. The van der Waals surface area contributed by atoms with Crippen molar-refractivity contribution in [1.29, 1.82) is 0 Å². The number of aldehydes is 1. The number of unbranched alkanes of at least 4 members (excludes halogenated alkanes) is 8. The van der Waals surface area contributed by atoms with E-state index in [1.54, 1.807) is 0 Å². The molecule has 0 saturated carbocycles. The summed E-state index contributed by atoms with van der Waals surface area (Å²) in [4.78, 5) is 36.5. The molecule has 1 amide bonds. The van der Waals surface area contributed by atoms with E-state index in [0.29, 0.717) is 25.4 Å². The van der Waals surface area contributed by atoms with Crippen molar-refractivity contribution in [2.24, 2.45) is 5.92 Å². The summed E-state index contributed by atoms with van der Waals surface area (Å²) in [5.74, 6) is 0.157. The molecule has 31 heavy (non-hydrogen) atoms. The maximum Gasteiger partial charge on any atom is 0.410 e. The number of hydrogen-bond donors (Lipinski definition) is 0. The summed E-state index contributed by atoms with van der Waals surface area (Å²) in [7, 11) is 0. The van der Waals surface area contributed by atoms with Gasteiger partial charge in [-0.25, -0.2) is 4.79 Å². The van der Waals surface area contributed by atoms with E-state index in [9.17, 15) is 14.4 Å². The van der Waals surface area contributed by atoms with Crippen molar-refractivity contribution >= 4 is 18.3 Å². The zero-order chi connectivity index (χ0) is 23.2. The smallest absolute Gasteiger partial charge is 0.410 e. The Hall–Kier alpha value is -1.59. The van der Waals surface area contributed by atoms with Crippen molar-refractivity contribution < 1.29 is 23.9 Å². The third-order valence-corrected chi connectivity index (χ3v) is 5.56. The predicted molar refractivity (Wildman–Crippen MR) is 125 cm³/mol. The van der Waals surface area contributed by atoms with Crippen molar-refractivity contribution in [1.82, 2.24) is 4.90 Å². The van der Waals surface area contributed by atoms with Gasteiger partial charge in [0.05, 0.1) is 13.0 Å². The Kier molecular flexibility index (Phi) is 20.5. The second-order valence-corrected chi connectivity index (χ2v) is 8.44. The summed E-state index contributed by atoms with van der Waals surface area (Å²) in [6, 6.07) is 0. The van der Waals surface area contributed by atoms with E-state index in [4.69, 9.17) is 9.47 Å². The maximum absolute atomic E-state index is 12.3. The Morgan fingerprint density at radius 1 is 0.774 bits per heavy atom. The lowest BCUT2D eigenvalue weighted by atomic mass is 9.96. The van der Waals surface area contributed by atoms with Crippen LogP contribution >= 0.6 is 0 Å². The lowest BCUT2D eigenvalue weighted by Crippen LogP contribution is -2.35. The molecule has 182 valence electrons. The highest BCUT2D eigenvalue weighted by atomic mass is 16.6. The molecule has 0 aromatic rings. The lowest BCUT2D eigenvalue weighted by Gasteiger charge is -2.22. The molecule has 0 bridgehead atoms. The topological polar surface area (TPSA) is 72.9 Å². The molecule has 0 aromatic carbocycles. The Balaban J connectivity index is 4.45. The van der Waals surface area contributed by atoms with E-state index in [0.717, 1.165) is 38.5 Å². The average molecular weight is 442 g/mol. The van der Waals surface area contributed by atoms with Crippen LogP contribution in [0, 0.1) is 5.92 Å². The molecule has 0 spiro atoms. The SMILES string of the molecule is CCCCCCCN(CCC(=O)OCC(CCCCC)CCCCC)C(=O)OCC=O. The lowest BCUT2D eigenvalue weighted by molar-refractivity contribution is -0.145. The van der Waals surface area contributed by atoms with Crippen LogP contribution in [0.25, 0.3) is 0 Å². The molecule has 0 fully saturated rings. The second kappa shape index (κ2) is 21.6. The third kappa shape index (κ3) is 17.8. The number of hydrogen-bond acceptors (Lipinski definition) is 5. The van der Waals surface area contributed by atoms with Crippen molar-refractivity contribution in [3.05, 3.63) is 0 Å². The van der Waals surface area contributed by atoms with Crippen molar-refractivity contribution in [3.8, 4) is 0 Å². The zero-order valence-corrected chi connectivity index (χ0v) is 20.4. The first-order chi connectivity index (χ1) is 15.1. The normalized spacial score (nSPS) is 10.8. The Labute approximate surface area is 190 Å². The van der Waals surface area contributed by atoms with Crippen LogP contribution in [0.3, 0.4) is 0 Å². The van der Waals surface area contributed by atoms with Gasteiger partial charge in [0.15, 0.2) is 6.29 Å². The van der Waals surface area contributed by atoms with Gasteiger partial charge in [0.2, 0.25) is 0 Å². The molecule has 0 aliphatic carbocycles. The van der Waals surface area contributed by atoms with E-state index >= 15 is 0 Å². The van der Waals surface area contributed by atoms with Crippen molar-refractivity contribution in [3.63, 3.8) is 0 Å². The predicted octanol–water partition coefficient (Wildman–Crippen LogP) is 6.30. The number of amides is 1. The van der Waals surface area contributed by atoms with Gasteiger partial charge >= 0.3 is 12.1 Å². The molecule has 0 N–H and O–H groups in total. The number of nitrogens with zero attached hydrogens (tertiary/aromatic N) is 1. The van der Waals surface area contributed by atoms with Gasteiger partial charge in [0.1, 0.15) is 6.61 Å². The van der Waals surface area contributed by atoms with Crippen LogP contribution in [0.1, 0.15) is 111 Å². The molecule has 0 aliphatic rings. The van der Waals surface area contributed by atoms with Crippen LogP contribution in [0.5, 0.6) is 0 Å². The van der Waals surface area contributed by atoms with Crippen LogP contribution in [-0.2, 0) is 19.1 Å². The van der Waals surface area contributed by atoms with Crippen LogP contribution in [0.4, 0.5) is 4.79 Å². The molecule has 0 rings (SSSR count). The number of carbonyl (C=O) groups is 3. The molecule has 6 heteroatoms. The fourth-order valence-corrected chi connectivity index (χ4v) is 3.58. The number of ether oxygens (including phenoxy) is 2. The fraction of sp³-hybridized carbons (Fsp3) is 0.880. The third-order valence-electron chi connectivity index (χ3n) is 5.56. The number of esters is 1. The minimum absolute atomic E-state index is 0.155. The highest BCUT2D eigenvalue weighted by Crippen LogP contribution is 2.18. The molecule has 0 unspecified atom stereocenters. The monoisotopic (exact) mass is 441 g/mol. The van der Waals surface area contributed by atoms with Gasteiger partial charge in [-0.15, -0.1) is 0 Å². The minimum Gasteiger partial charge on any atom is -0.465 e. The Bertz CT molecular complexity index is 445. The molecule has 0 saturated heterocycles. The van der Waals surface area contributed by atoms with E-state index in [1.165, 1.54) is 49.8 Å². The Morgan fingerprint density at radius 3 is 1.94 bits per heavy atom. The molecule has 6 nitrogen and oxygen atoms in total. The standard InChI is InChI=1S/C25H47NO5/c1-4-7-10-11-14-18-26(25(29)30-21-20-27)19-17-24(28)31-22-23(15-12-8-5-2)16-13-9-6-3/h20,23H,4-19,21-22H2,1-3H3. The minimum atomic E-state index is -0.535. The van der Waals surface area contributed by atoms with Crippen molar-refractivity contribution in [2.75, 3.05) is 26.3 Å². The highest BCUT2D eigenvalue weighted by molar-refractivity contribution is 5.72. The quantitative estimate of drug-likeness (QED) is 0.119. The molecule has 0 aromatic heterocycles. The first-order valence-corrected chi connectivity index (χ1v) is 12.6. The largest absolute Gasteiger partial charge is 0.465 e. The van der Waals surface area contributed by atoms with Crippen molar-refractivity contribution in [2.45, 2.75) is 111 Å². The molecular weight excluding hydrogens is 394 g/mol. The van der Waals surface area contributed by atoms with Crippen LogP contribution in [0.15, 0.2) is 0 Å². The summed E-state index contributed by atoms with van der Waals surface area (Å²) in [6.07, 6.45) is 14.9. The Morgan fingerprint density at radius 2 is 1.35 bits per heavy atom. The van der Waals surface area contributed by atoms with Crippen LogP contribution < -0.4 is 0 Å². The number of rotatable bonds is 21. The summed E-state index contributed by atoms with van der Waals surface area (Å²) in [5.41, 5.74) is 0. The number of carbonyl (C=O) groups excluding carboxylic acids is 3. The molecular formula is C25H47NO5. The van der Waals surface area contributed by atoms with Gasteiger partial charge in [-0.2, -0.15) is 0 Å². The fourth-order valence-electron chi connectivity index (χ4n) is 3.58. The van der Waals surface area contributed by atoms with Gasteiger partial charge in [-0.05, 0) is 25.2 Å². The van der Waals surface area contributed by atoms with Crippen LogP contribution in [0.2, 0.25) is 0 Å². The second-order valence-electron chi connectivity index (χ2n) is 8.44. The van der Waals surface area contributed by atoms with Gasteiger partial charge in [0, 0.05) is 13.1 Å². The zero-order valence-electron chi connectivity index (χ0n) is 20.4. The highest BCUT2D eigenvalue weighted by Gasteiger charge is 2.18. The first kappa shape index (κ1) is 29.4. The molecule has 0 radical (unpaired) electrons. The van der Waals surface area contributed by atoms with Gasteiger partial charge in [-0.3, -0.25) is 9.59 Å². The van der Waals surface area contributed by atoms with Gasteiger partial charge < -0.3 is 14.4 Å². The maximum atomic E-state index is 12.3. The molecule has 0 heterocycles. The van der Waals surface area contributed by atoms with Gasteiger partial charge in [0.25, 0.3) is 0 Å². The first-order valence-electron chi connectivity index (χ1n) is 12.6. The molecule has 0 atom stereocenters. The van der Waals surface area contributed by atoms with E-state index in [-0.39, 0.29) is 25.5 Å². The van der Waals surface area contributed by atoms with Gasteiger partial charge in [-0.1, -0.05) is 85.0 Å².